The summed E-state index contributed by atoms with van der Waals surface area (Å²) in [5.41, 5.74) is 7.58. The number of rotatable bonds is 3. The highest BCUT2D eigenvalue weighted by Gasteiger charge is 2.34. The van der Waals surface area contributed by atoms with Crippen LogP contribution in [0, 0.1) is 0 Å². The van der Waals surface area contributed by atoms with Gasteiger partial charge in [0.05, 0.1) is 6.10 Å². The number of anilines is 1. The quantitative estimate of drug-likeness (QED) is 0.921. The van der Waals surface area contributed by atoms with Crippen molar-refractivity contribution in [2.75, 3.05) is 18.0 Å². The summed E-state index contributed by atoms with van der Waals surface area (Å²) >= 11 is 0. The van der Waals surface area contributed by atoms with E-state index >= 15 is 0 Å². The second kappa shape index (κ2) is 5.79. The van der Waals surface area contributed by atoms with Crippen LogP contribution >= 0.6 is 0 Å². The maximum Gasteiger partial charge on any atom is 0.522 e. The number of benzene rings is 1. The topological polar surface area (TPSA) is 38.5 Å². The predicted molar refractivity (Wildman–Crippen MR) is 66.7 cm³/mol. The molecule has 19 heavy (non-hydrogen) atoms. The maximum atomic E-state index is 12.1. The fourth-order valence-electron chi connectivity index (χ4n) is 2.26. The Hall–Kier alpha value is -1.27. The molecule has 0 amide bonds. The van der Waals surface area contributed by atoms with Gasteiger partial charge in [-0.05, 0) is 30.5 Å². The van der Waals surface area contributed by atoms with Crippen molar-refractivity contribution >= 4 is 5.69 Å². The van der Waals surface area contributed by atoms with Crippen molar-refractivity contribution in [2.45, 2.75) is 31.9 Å². The van der Waals surface area contributed by atoms with Crippen LogP contribution in [0.5, 0.6) is 0 Å². The van der Waals surface area contributed by atoms with Crippen LogP contribution in [-0.4, -0.2) is 25.6 Å². The van der Waals surface area contributed by atoms with Gasteiger partial charge in [0.2, 0.25) is 0 Å². The van der Waals surface area contributed by atoms with Gasteiger partial charge in [0.15, 0.2) is 0 Å². The summed E-state index contributed by atoms with van der Waals surface area (Å²) in [6.45, 7) is 1.63. The molecule has 1 heterocycles. The average Bonchev–Trinajstić information content (AvgIpc) is 2.38. The third kappa shape index (κ3) is 4.11. The lowest BCUT2D eigenvalue weighted by Gasteiger charge is -2.33. The summed E-state index contributed by atoms with van der Waals surface area (Å²) in [4.78, 5) is 2.07. The van der Waals surface area contributed by atoms with Gasteiger partial charge in [-0.3, -0.25) is 4.74 Å². The lowest BCUT2D eigenvalue weighted by molar-refractivity contribution is -0.344. The van der Waals surface area contributed by atoms with Gasteiger partial charge >= 0.3 is 6.36 Å². The van der Waals surface area contributed by atoms with Gasteiger partial charge in [-0.25, -0.2) is 0 Å². The summed E-state index contributed by atoms with van der Waals surface area (Å²) < 4.78 is 40.3. The fourth-order valence-corrected chi connectivity index (χ4v) is 2.26. The Bertz CT molecular complexity index is 397. The lowest BCUT2D eigenvalue weighted by Crippen LogP contribution is -2.39. The molecular weight excluding hydrogens is 257 g/mol. The Morgan fingerprint density at radius 3 is 2.21 bits per heavy atom. The molecule has 0 bridgehead atoms. The van der Waals surface area contributed by atoms with Gasteiger partial charge < -0.3 is 10.6 Å². The van der Waals surface area contributed by atoms with Crippen LogP contribution in [0.15, 0.2) is 24.3 Å². The molecular formula is C13H17F3N2O. The molecule has 2 N–H and O–H groups in total. The van der Waals surface area contributed by atoms with Gasteiger partial charge in [-0.15, -0.1) is 13.2 Å². The molecule has 0 saturated carbocycles. The number of nitrogens with two attached hydrogens (primary N) is 1. The van der Waals surface area contributed by atoms with Gasteiger partial charge in [-0.2, -0.15) is 0 Å². The average molecular weight is 274 g/mol. The van der Waals surface area contributed by atoms with E-state index in [1.165, 1.54) is 0 Å². The normalized spacial score (nSPS) is 17.8. The second-order valence-electron chi connectivity index (χ2n) is 4.62. The van der Waals surface area contributed by atoms with Crippen LogP contribution < -0.4 is 10.6 Å². The van der Waals surface area contributed by atoms with Crippen LogP contribution in [0.4, 0.5) is 18.9 Å². The number of halogens is 3. The number of alkyl halides is 3. The standard InChI is InChI=1S/C13H17F3N2O/c14-13(15,16)19-12-5-7-18(8-6-12)11-3-1-10(9-17)2-4-11/h1-4,12H,5-9,17H2. The minimum absolute atomic E-state index is 0.387. The molecule has 0 aromatic heterocycles. The molecule has 1 saturated heterocycles. The van der Waals surface area contributed by atoms with E-state index in [9.17, 15) is 13.2 Å². The first kappa shape index (κ1) is 14.1. The Labute approximate surface area is 110 Å². The van der Waals surface area contributed by atoms with Gasteiger partial charge in [-0.1, -0.05) is 12.1 Å². The molecule has 2 rings (SSSR count). The largest absolute Gasteiger partial charge is 0.522 e. The smallest absolute Gasteiger partial charge is 0.371 e. The summed E-state index contributed by atoms with van der Waals surface area (Å²) in [6.07, 6.45) is -4.48. The minimum Gasteiger partial charge on any atom is -0.371 e. The Balaban J connectivity index is 1.88. The van der Waals surface area contributed by atoms with Crippen LogP contribution in [0.25, 0.3) is 0 Å². The number of hydrogen-bond donors (Lipinski definition) is 1. The highest BCUT2D eigenvalue weighted by Crippen LogP contribution is 2.26. The van der Waals surface area contributed by atoms with Crippen molar-refractivity contribution in [3.8, 4) is 0 Å². The summed E-state index contributed by atoms with van der Waals surface area (Å²) in [5, 5.41) is 0. The molecule has 3 nitrogen and oxygen atoms in total. The van der Waals surface area contributed by atoms with Gasteiger partial charge in [0.1, 0.15) is 0 Å². The van der Waals surface area contributed by atoms with Crippen molar-refractivity contribution in [3.63, 3.8) is 0 Å². The number of piperidine rings is 1. The van der Waals surface area contributed by atoms with E-state index in [1.54, 1.807) is 0 Å². The first-order valence-corrected chi connectivity index (χ1v) is 6.26. The number of hydrogen-bond acceptors (Lipinski definition) is 3. The molecule has 6 heteroatoms. The van der Waals surface area contributed by atoms with Crippen LogP contribution in [0.1, 0.15) is 18.4 Å². The van der Waals surface area contributed by atoms with Crippen molar-refractivity contribution in [1.29, 1.82) is 0 Å². The second-order valence-corrected chi connectivity index (χ2v) is 4.62. The lowest BCUT2D eigenvalue weighted by atomic mass is 10.1. The third-order valence-electron chi connectivity index (χ3n) is 3.28. The molecule has 1 aliphatic rings. The molecule has 0 unspecified atom stereocenters. The maximum absolute atomic E-state index is 12.1. The van der Waals surface area contributed by atoms with E-state index in [2.05, 4.69) is 9.64 Å². The first-order valence-electron chi connectivity index (χ1n) is 6.26. The van der Waals surface area contributed by atoms with Crippen LogP contribution in [0.3, 0.4) is 0 Å². The van der Waals surface area contributed by atoms with Crippen molar-refractivity contribution in [1.82, 2.24) is 0 Å². The van der Waals surface area contributed by atoms with Crippen molar-refractivity contribution < 1.29 is 17.9 Å². The van der Waals surface area contributed by atoms with Crippen LogP contribution in [0.2, 0.25) is 0 Å². The zero-order valence-electron chi connectivity index (χ0n) is 10.5. The van der Waals surface area contributed by atoms with E-state index < -0.39 is 12.5 Å². The van der Waals surface area contributed by atoms with E-state index in [0.29, 0.717) is 32.5 Å². The molecule has 1 aromatic carbocycles. The molecule has 1 aliphatic heterocycles. The highest BCUT2D eigenvalue weighted by molar-refractivity contribution is 5.48. The zero-order chi connectivity index (χ0) is 13.9. The zero-order valence-corrected chi connectivity index (χ0v) is 10.5. The fraction of sp³-hybridized carbons (Fsp3) is 0.538. The van der Waals surface area contributed by atoms with Crippen LogP contribution in [-0.2, 0) is 11.3 Å². The molecule has 106 valence electrons. The molecule has 0 spiro atoms. The van der Waals surface area contributed by atoms with E-state index in [1.807, 2.05) is 24.3 Å². The number of nitrogens with zero attached hydrogens (tertiary/aromatic N) is 1. The van der Waals surface area contributed by atoms with E-state index in [-0.39, 0.29) is 0 Å². The SMILES string of the molecule is NCc1ccc(N2CCC(OC(F)(F)F)CC2)cc1. The van der Waals surface area contributed by atoms with E-state index in [4.69, 9.17) is 5.73 Å². The van der Waals surface area contributed by atoms with Gasteiger partial charge in [0.25, 0.3) is 0 Å². The monoisotopic (exact) mass is 274 g/mol. The third-order valence-corrected chi connectivity index (χ3v) is 3.28. The van der Waals surface area contributed by atoms with Crippen molar-refractivity contribution in [3.05, 3.63) is 29.8 Å². The first-order chi connectivity index (χ1) is 8.98. The minimum atomic E-state index is -4.53. The highest BCUT2D eigenvalue weighted by atomic mass is 19.4. The predicted octanol–water partition coefficient (Wildman–Crippen LogP) is 2.65. The Morgan fingerprint density at radius 1 is 1.16 bits per heavy atom. The Morgan fingerprint density at radius 2 is 1.74 bits per heavy atom. The number of ether oxygens (including phenoxy) is 1. The summed E-state index contributed by atoms with van der Waals surface area (Å²) in [5.74, 6) is 0. The summed E-state index contributed by atoms with van der Waals surface area (Å²) in [7, 11) is 0. The molecule has 0 aliphatic carbocycles. The molecule has 0 radical (unpaired) electrons. The van der Waals surface area contributed by atoms with E-state index in [0.717, 1.165) is 11.3 Å². The molecule has 1 aromatic rings. The van der Waals surface area contributed by atoms with Gasteiger partial charge in [0, 0.05) is 25.3 Å². The summed E-state index contributed by atoms with van der Waals surface area (Å²) in [6, 6.07) is 7.78. The molecule has 0 atom stereocenters. The van der Waals surface area contributed by atoms with Crippen molar-refractivity contribution in [2.24, 2.45) is 5.73 Å². The molecule has 1 fully saturated rings. The Kier molecular flexibility index (Phi) is 4.31.